The van der Waals surface area contributed by atoms with Gasteiger partial charge in [0.05, 0.1) is 18.7 Å². The molecule has 6 heteroatoms. The molecule has 20 heavy (non-hydrogen) atoms. The van der Waals surface area contributed by atoms with E-state index in [0.29, 0.717) is 30.5 Å². The maximum Gasteiger partial charge on any atom is 0.337 e. The summed E-state index contributed by atoms with van der Waals surface area (Å²) in [6.45, 7) is 6.14. The van der Waals surface area contributed by atoms with Gasteiger partial charge in [-0.05, 0) is 33.2 Å². The minimum absolute atomic E-state index is 0.238. The number of amides is 2. The van der Waals surface area contributed by atoms with Gasteiger partial charge in [-0.1, -0.05) is 6.42 Å². The molecule has 0 unspecified atom stereocenters. The number of esters is 1. The molecular formula is C14H23N3O3. The highest BCUT2D eigenvalue weighted by molar-refractivity contribution is 5.93. The third kappa shape index (κ3) is 3.50. The van der Waals surface area contributed by atoms with Gasteiger partial charge in [-0.3, -0.25) is 4.90 Å². The predicted molar refractivity (Wildman–Crippen MR) is 75.1 cm³/mol. The van der Waals surface area contributed by atoms with Crippen molar-refractivity contribution in [1.82, 2.24) is 15.5 Å². The second-order valence-electron chi connectivity index (χ2n) is 5.30. The van der Waals surface area contributed by atoms with E-state index in [9.17, 15) is 9.59 Å². The molecule has 0 bridgehead atoms. The molecule has 0 spiro atoms. The van der Waals surface area contributed by atoms with Gasteiger partial charge in [0.2, 0.25) is 0 Å². The van der Waals surface area contributed by atoms with Crippen molar-refractivity contribution in [3.63, 3.8) is 0 Å². The normalized spacial score (nSPS) is 24.1. The fraction of sp³-hybridized carbons (Fsp3) is 0.714. The van der Waals surface area contributed by atoms with Gasteiger partial charge < -0.3 is 15.4 Å². The lowest BCUT2D eigenvalue weighted by molar-refractivity contribution is -0.138. The van der Waals surface area contributed by atoms with Crippen molar-refractivity contribution in [2.45, 2.75) is 39.2 Å². The molecule has 2 rings (SSSR count). The zero-order valence-corrected chi connectivity index (χ0v) is 12.2. The summed E-state index contributed by atoms with van der Waals surface area (Å²) in [4.78, 5) is 25.8. The fourth-order valence-electron chi connectivity index (χ4n) is 2.68. The van der Waals surface area contributed by atoms with Crippen LogP contribution in [0.25, 0.3) is 0 Å². The summed E-state index contributed by atoms with van der Waals surface area (Å²) in [5.41, 5.74) is 1.21. The molecule has 6 nitrogen and oxygen atoms in total. The SMILES string of the molecule is CCOC(=O)C1=C(CN2CCCC[C@H]2C)NC(=O)NC1. The largest absolute Gasteiger partial charge is 0.463 e. The lowest BCUT2D eigenvalue weighted by atomic mass is 10.0. The van der Waals surface area contributed by atoms with Gasteiger partial charge in [-0.15, -0.1) is 0 Å². The first kappa shape index (κ1) is 14.8. The van der Waals surface area contributed by atoms with Crippen LogP contribution < -0.4 is 10.6 Å². The molecule has 0 aromatic carbocycles. The third-order valence-corrected chi connectivity index (χ3v) is 3.88. The van der Waals surface area contributed by atoms with Crippen LogP contribution in [0.15, 0.2) is 11.3 Å². The number of urea groups is 1. The van der Waals surface area contributed by atoms with Crippen molar-refractivity contribution in [3.05, 3.63) is 11.3 Å². The molecule has 0 saturated carbocycles. The number of carbonyl (C=O) groups is 2. The molecule has 0 aliphatic carbocycles. The summed E-state index contributed by atoms with van der Waals surface area (Å²) in [5.74, 6) is -0.348. The van der Waals surface area contributed by atoms with E-state index in [1.165, 1.54) is 12.8 Å². The summed E-state index contributed by atoms with van der Waals surface area (Å²) >= 11 is 0. The van der Waals surface area contributed by atoms with Crippen LogP contribution in [0.5, 0.6) is 0 Å². The Bertz CT molecular complexity index is 420. The third-order valence-electron chi connectivity index (χ3n) is 3.88. The van der Waals surface area contributed by atoms with Crippen molar-refractivity contribution in [2.24, 2.45) is 0 Å². The van der Waals surface area contributed by atoms with E-state index in [1.54, 1.807) is 6.92 Å². The first-order valence-corrected chi connectivity index (χ1v) is 7.30. The highest BCUT2D eigenvalue weighted by Crippen LogP contribution is 2.19. The number of hydrogen-bond acceptors (Lipinski definition) is 4. The van der Waals surface area contributed by atoms with Crippen LogP contribution in [0.4, 0.5) is 4.79 Å². The Labute approximate surface area is 119 Å². The van der Waals surface area contributed by atoms with Crippen molar-refractivity contribution in [2.75, 3.05) is 26.2 Å². The van der Waals surface area contributed by atoms with E-state index in [0.717, 1.165) is 13.0 Å². The van der Waals surface area contributed by atoms with Crippen LogP contribution in [0.2, 0.25) is 0 Å². The van der Waals surface area contributed by atoms with Gasteiger partial charge in [0.1, 0.15) is 0 Å². The number of rotatable bonds is 4. The van der Waals surface area contributed by atoms with E-state index in [2.05, 4.69) is 22.5 Å². The number of likely N-dealkylation sites (tertiary alicyclic amines) is 1. The van der Waals surface area contributed by atoms with Gasteiger partial charge in [-0.25, -0.2) is 9.59 Å². The van der Waals surface area contributed by atoms with Gasteiger partial charge in [0, 0.05) is 18.3 Å². The highest BCUT2D eigenvalue weighted by atomic mass is 16.5. The van der Waals surface area contributed by atoms with Crippen molar-refractivity contribution in [3.8, 4) is 0 Å². The van der Waals surface area contributed by atoms with E-state index < -0.39 is 0 Å². The Morgan fingerprint density at radius 1 is 1.45 bits per heavy atom. The molecule has 2 heterocycles. The Morgan fingerprint density at radius 2 is 2.25 bits per heavy atom. The van der Waals surface area contributed by atoms with Crippen LogP contribution in [-0.4, -0.2) is 49.2 Å². The first-order chi connectivity index (χ1) is 9.61. The first-order valence-electron chi connectivity index (χ1n) is 7.30. The minimum Gasteiger partial charge on any atom is -0.463 e. The number of piperidine rings is 1. The van der Waals surface area contributed by atoms with E-state index in [4.69, 9.17) is 4.74 Å². The molecule has 0 aromatic heterocycles. The van der Waals surface area contributed by atoms with Gasteiger partial charge in [0.15, 0.2) is 0 Å². The summed E-state index contributed by atoms with van der Waals surface area (Å²) in [6.07, 6.45) is 3.57. The molecule has 1 saturated heterocycles. The lowest BCUT2D eigenvalue weighted by Crippen LogP contribution is -2.48. The zero-order valence-electron chi connectivity index (χ0n) is 12.2. The van der Waals surface area contributed by atoms with Gasteiger partial charge in [-0.2, -0.15) is 0 Å². The van der Waals surface area contributed by atoms with Crippen LogP contribution in [0.3, 0.4) is 0 Å². The quantitative estimate of drug-likeness (QED) is 0.754. The summed E-state index contributed by atoms with van der Waals surface area (Å²) in [6, 6.07) is 0.226. The Hall–Kier alpha value is -1.56. The molecule has 2 aliphatic heterocycles. The van der Waals surface area contributed by atoms with Crippen molar-refractivity contribution >= 4 is 12.0 Å². The van der Waals surface area contributed by atoms with Crippen LogP contribution >= 0.6 is 0 Å². The number of hydrogen-bond donors (Lipinski definition) is 2. The van der Waals surface area contributed by atoms with Crippen molar-refractivity contribution < 1.29 is 14.3 Å². The van der Waals surface area contributed by atoms with Gasteiger partial charge >= 0.3 is 12.0 Å². The smallest absolute Gasteiger partial charge is 0.337 e. The predicted octanol–water partition coefficient (Wildman–Crippen LogP) is 0.991. The average molecular weight is 281 g/mol. The van der Waals surface area contributed by atoms with E-state index in [-0.39, 0.29) is 18.5 Å². The fourth-order valence-corrected chi connectivity index (χ4v) is 2.68. The molecule has 0 aromatic rings. The molecule has 2 N–H and O–H groups in total. The van der Waals surface area contributed by atoms with Gasteiger partial charge in [0.25, 0.3) is 0 Å². The van der Waals surface area contributed by atoms with Crippen LogP contribution in [0, 0.1) is 0 Å². The maximum absolute atomic E-state index is 11.9. The maximum atomic E-state index is 11.9. The zero-order chi connectivity index (χ0) is 14.5. The highest BCUT2D eigenvalue weighted by Gasteiger charge is 2.27. The second-order valence-corrected chi connectivity index (χ2v) is 5.30. The molecule has 1 atom stereocenters. The number of ether oxygens (including phenoxy) is 1. The summed E-state index contributed by atoms with van der Waals surface area (Å²) in [7, 11) is 0. The number of carbonyl (C=O) groups excluding carboxylic acids is 2. The van der Waals surface area contributed by atoms with Crippen LogP contribution in [0.1, 0.15) is 33.1 Å². The van der Waals surface area contributed by atoms with Crippen molar-refractivity contribution in [1.29, 1.82) is 0 Å². The molecule has 112 valence electrons. The Morgan fingerprint density at radius 3 is 2.95 bits per heavy atom. The summed E-state index contributed by atoms with van der Waals surface area (Å²) < 4.78 is 5.06. The molecule has 0 radical (unpaired) electrons. The standard InChI is InChI=1S/C14H23N3O3/c1-3-20-13(18)11-8-15-14(19)16-12(11)9-17-7-5-4-6-10(17)2/h10H,3-9H2,1-2H3,(H2,15,16,19)/t10-/m1/s1. The Kier molecular flexibility index (Phi) is 5.00. The topological polar surface area (TPSA) is 70.7 Å². The van der Waals surface area contributed by atoms with Crippen LogP contribution in [-0.2, 0) is 9.53 Å². The minimum atomic E-state index is -0.348. The number of nitrogens with zero attached hydrogens (tertiary/aromatic N) is 1. The average Bonchev–Trinajstić information content (AvgIpc) is 2.42. The molecule has 2 amide bonds. The monoisotopic (exact) mass is 281 g/mol. The molecular weight excluding hydrogens is 258 g/mol. The van der Waals surface area contributed by atoms with E-state index >= 15 is 0 Å². The molecule has 2 aliphatic rings. The molecule has 1 fully saturated rings. The second kappa shape index (κ2) is 6.74. The Balaban J connectivity index is 2.13. The summed E-state index contributed by atoms with van der Waals surface area (Å²) in [5, 5.41) is 5.38. The van der Waals surface area contributed by atoms with E-state index in [1.807, 2.05) is 0 Å². The number of nitrogens with one attached hydrogen (secondary N) is 2. The lowest BCUT2D eigenvalue weighted by Gasteiger charge is -2.35.